The van der Waals surface area contributed by atoms with Gasteiger partial charge in [-0.3, -0.25) is 9.59 Å². The lowest BCUT2D eigenvalue weighted by molar-refractivity contribution is -0.125. The van der Waals surface area contributed by atoms with Gasteiger partial charge < -0.3 is 30.1 Å². The highest BCUT2D eigenvalue weighted by Crippen LogP contribution is 2.33. The smallest absolute Gasteiger partial charge is 0.255 e. The molecular weight excluding hydrogens is 597 g/mol. The van der Waals surface area contributed by atoms with Crippen LogP contribution < -0.4 is 15.5 Å². The number of carbonyl (C=O) groups excluding carboxylic acids is 2. The number of hydrogen-bond donors (Lipinski definition) is 2. The van der Waals surface area contributed by atoms with Crippen LogP contribution in [0.2, 0.25) is 5.02 Å². The van der Waals surface area contributed by atoms with E-state index in [0.717, 1.165) is 50.3 Å². The molecule has 3 aliphatic rings. The van der Waals surface area contributed by atoms with Crippen molar-refractivity contribution in [3.63, 3.8) is 0 Å². The Bertz CT molecular complexity index is 1580. The van der Waals surface area contributed by atoms with E-state index in [1.54, 1.807) is 30.2 Å². The Kier molecular flexibility index (Phi) is 9.21. The maximum Gasteiger partial charge on any atom is 0.255 e. The van der Waals surface area contributed by atoms with E-state index < -0.39 is 12.1 Å². The molecule has 1 unspecified atom stereocenters. The summed E-state index contributed by atoms with van der Waals surface area (Å²) in [5.41, 5.74) is 4.04. The van der Waals surface area contributed by atoms with Gasteiger partial charge in [0.15, 0.2) is 0 Å². The first-order chi connectivity index (χ1) is 21.7. The zero-order chi connectivity index (χ0) is 31.7. The minimum absolute atomic E-state index is 0.221. The van der Waals surface area contributed by atoms with Crippen LogP contribution in [0.15, 0.2) is 42.6 Å². The highest BCUT2D eigenvalue weighted by Gasteiger charge is 2.35. The molecule has 0 aliphatic carbocycles. The molecule has 0 saturated carbocycles. The summed E-state index contributed by atoms with van der Waals surface area (Å²) in [5.74, 6) is -0.414. The van der Waals surface area contributed by atoms with E-state index in [4.69, 9.17) is 16.3 Å². The van der Waals surface area contributed by atoms with Crippen LogP contribution in [0.3, 0.4) is 0 Å². The highest BCUT2D eigenvalue weighted by atomic mass is 35.5. The third-order valence-electron chi connectivity index (χ3n) is 8.99. The van der Waals surface area contributed by atoms with Gasteiger partial charge in [0, 0.05) is 68.8 Å². The molecule has 12 heteroatoms. The first kappa shape index (κ1) is 31.2. The second-order valence-corrected chi connectivity index (χ2v) is 12.6. The molecule has 6 rings (SSSR count). The molecule has 10 nitrogen and oxygen atoms in total. The predicted molar refractivity (Wildman–Crippen MR) is 172 cm³/mol. The summed E-state index contributed by atoms with van der Waals surface area (Å²) < 4.78 is 20.1. The number of fused-ring (bicyclic) bond motifs is 1. The van der Waals surface area contributed by atoms with Gasteiger partial charge in [0.05, 0.1) is 23.0 Å². The Balaban J connectivity index is 1.13. The molecule has 1 aromatic heterocycles. The van der Waals surface area contributed by atoms with E-state index in [0.29, 0.717) is 53.1 Å². The molecule has 3 aromatic rings. The first-order valence-corrected chi connectivity index (χ1v) is 15.9. The summed E-state index contributed by atoms with van der Waals surface area (Å²) >= 11 is 6.50. The number of benzene rings is 2. The summed E-state index contributed by atoms with van der Waals surface area (Å²) in [5, 5.41) is 6.73. The van der Waals surface area contributed by atoms with Crippen molar-refractivity contribution < 1.29 is 18.7 Å². The standard InChI is InChI=1S/C33H39ClFN7O3/c1-20(24-14-25(35)17-27(15-24)41-10-8-40(3)9-11-41)37-31(43)21(2)42-19-23-5-4-22(16-28(23)32(42)44)30-29(34)18-36-33(39-30)38-26-6-12-45-13-7-26/h4-5,14-18,20-21,26H,6-13,19H2,1-3H3,(H,37,43)(H,36,38,39)/t20-,21?/m1/s1. The fraction of sp³-hybridized carbons (Fsp3) is 0.455. The lowest BCUT2D eigenvalue weighted by atomic mass is 10.0. The van der Waals surface area contributed by atoms with Crippen molar-refractivity contribution in [1.29, 1.82) is 0 Å². The van der Waals surface area contributed by atoms with Crippen molar-refractivity contribution in [2.24, 2.45) is 0 Å². The number of ether oxygens (including phenoxy) is 1. The van der Waals surface area contributed by atoms with Crippen LogP contribution in [-0.2, 0) is 16.1 Å². The largest absolute Gasteiger partial charge is 0.381 e. The number of halogens is 2. The Morgan fingerprint density at radius 3 is 2.60 bits per heavy atom. The van der Waals surface area contributed by atoms with Crippen LogP contribution in [0, 0.1) is 5.82 Å². The fourth-order valence-corrected chi connectivity index (χ4v) is 6.30. The number of likely N-dealkylation sites (N-methyl/N-ethyl adjacent to an activating group) is 1. The molecule has 2 saturated heterocycles. The molecule has 2 atom stereocenters. The van der Waals surface area contributed by atoms with Crippen molar-refractivity contribution in [3.8, 4) is 11.3 Å². The average molecular weight is 636 g/mol. The van der Waals surface area contributed by atoms with E-state index in [2.05, 4.69) is 37.4 Å². The zero-order valence-corrected chi connectivity index (χ0v) is 26.6. The van der Waals surface area contributed by atoms with E-state index >= 15 is 0 Å². The molecule has 4 heterocycles. The van der Waals surface area contributed by atoms with Gasteiger partial charge in [-0.05, 0) is 69.1 Å². The van der Waals surface area contributed by atoms with Gasteiger partial charge in [0.25, 0.3) is 5.91 Å². The van der Waals surface area contributed by atoms with Gasteiger partial charge in [-0.1, -0.05) is 23.7 Å². The number of nitrogens with one attached hydrogen (secondary N) is 2. The number of amides is 2. The number of nitrogens with zero attached hydrogens (tertiary/aromatic N) is 5. The molecule has 2 fully saturated rings. The molecule has 2 aromatic carbocycles. The number of rotatable bonds is 8. The topological polar surface area (TPSA) is 103 Å². The summed E-state index contributed by atoms with van der Waals surface area (Å²) in [4.78, 5) is 41.9. The van der Waals surface area contributed by atoms with E-state index in [1.807, 2.05) is 25.1 Å². The number of piperazine rings is 1. The molecule has 3 aliphatic heterocycles. The van der Waals surface area contributed by atoms with Crippen LogP contribution >= 0.6 is 11.6 Å². The number of aromatic nitrogens is 2. The molecule has 45 heavy (non-hydrogen) atoms. The molecule has 238 valence electrons. The Morgan fingerprint density at radius 1 is 1.09 bits per heavy atom. The van der Waals surface area contributed by atoms with Crippen molar-refractivity contribution >= 4 is 35.1 Å². The van der Waals surface area contributed by atoms with Crippen LogP contribution in [-0.4, -0.2) is 90.1 Å². The summed E-state index contributed by atoms with van der Waals surface area (Å²) in [6.45, 7) is 8.68. The van der Waals surface area contributed by atoms with E-state index in [9.17, 15) is 14.0 Å². The maximum atomic E-state index is 14.6. The van der Waals surface area contributed by atoms with Gasteiger partial charge in [-0.15, -0.1) is 0 Å². The van der Waals surface area contributed by atoms with Crippen LogP contribution in [0.25, 0.3) is 11.3 Å². The van der Waals surface area contributed by atoms with Gasteiger partial charge >= 0.3 is 0 Å². The predicted octanol–water partition coefficient (Wildman–Crippen LogP) is 4.50. The normalized spacial score (nSPS) is 18.9. The number of anilines is 2. The lowest BCUT2D eigenvalue weighted by Gasteiger charge is -2.34. The average Bonchev–Trinajstić information content (AvgIpc) is 3.37. The van der Waals surface area contributed by atoms with Gasteiger partial charge in [0.2, 0.25) is 11.9 Å². The minimum Gasteiger partial charge on any atom is -0.381 e. The zero-order valence-electron chi connectivity index (χ0n) is 25.9. The molecule has 0 spiro atoms. The highest BCUT2D eigenvalue weighted by molar-refractivity contribution is 6.33. The van der Waals surface area contributed by atoms with Gasteiger partial charge in [-0.2, -0.15) is 0 Å². The minimum atomic E-state index is -0.737. The van der Waals surface area contributed by atoms with Crippen molar-refractivity contribution in [3.05, 3.63) is 70.1 Å². The second kappa shape index (κ2) is 13.3. The van der Waals surface area contributed by atoms with E-state index in [1.165, 1.54) is 6.07 Å². The quantitative estimate of drug-likeness (QED) is 0.373. The summed E-state index contributed by atoms with van der Waals surface area (Å²) in [7, 11) is 2.08. The number of hydrogen-bond acceptors (Lipinski definition) is 8. The Labute approximate surface area is 267 Å². The molecule has 0 bridgehead atoms. The SMILES string of the molecule is CC(C(=O)N[C@H](C)c1cc(F)cc(N2CCN(C)CC2)c1)N1Cc2ccc(-c3nc(NC4CCOCC4)ncc3Cl)cc2C1=O. The Hall–Kier alpha value is -3.80. The third kappa shape index (κ3) is 6.90. The molecule has 0 radical (unpaired) electrons. The monoisotopic (exact) mass is 635 g/mol. The Morgan fingerprint density at radius 2 is 1.84 bits per heavy atom. The van der Waals surface area contributed by atoms with Crippen molar-refractivity contribution in [2.45, 2.75) is 51.4 Å². The molecule has 2 N–H and O–H groups in total. The van der Waals surface area contributed by atoms with Crippen LogP contribution in [0.1, 0.15) is 54.2 Å². The maximum absolute atomic E-state index is 14.6. The van der Waals surface area contributed by atoms with Gasteiger partial charge in [-0.25, -0.2) is 14.4 Å². The van der Waals surface area contributed by atoms with Crippen molar-refractivity contribution in [2.75, 3.05) is 56.7 Å². The van der Waals surface area contributed by atoms with Gasteiger partial charge in [0.1, 0.15) is 11.9 Å². The number of carbonyl (C=O) groups is 2. The first-order valence-electron chi connectivity index (χ1n) is 15.5. The van der Waals surface area contributed by atoms with Crippen LogP contribution in [0.4, 0.5) is 16.0 Å². The van der Waals surface area contributed by atoms with Crippen molar-refractivity contribution in [1.82, 2.24) is 25.1 Å². The fourth-order valence-electron chi connectivity index (χ4n) is 6.10. The molecule has 2 amide bonds. The third-order valence-corrected chi connectivity index (χ3v) is 9.27. The molecular formula is C33H39ClFN7O3. The van der Waals surface area contributed by atoms with E-state index in [-0.39, 0.29) is 23.7 Å². The summed E-state index contributed by atoms with van der Waals surface area (Å²) in [6, 6.07) is 9.52. The summed E-state index contributed by atoms with van der Waals surface area (Å²) in [6.07, 6.45) is 3.30. The lowest BCUT2D eigenvalue weighted by Crippen LogP contribution is -2.46. The van der Waals surface area contributed by atoms with Crippen LogP contribution in [0.5, 0.6) is 0 Å². The second-order valence-electron chi connectivity index (χ2n) is 12.2.